The summed E-state index contributed by atoms with van der Waals surface area (Å²) in [5.41, 5.74) is 0.196. The maximum absolute atomic E-state index is 12.1. The van der Waals surface area contributed by atoms with Crippen molar-refractivity contribution in [3.8, 4) is 0 Å². The summed E-state index contributed by atoms with van der Waals surface area (Å²) in [4.78, 5) is 13.1. The molecule has 1 N–H and O–H groups in total. The lowest BCUT2D eigenvalue weighted by molar-refractivity contribution is -0.155. The Hall–Kier alpha value is -1.57. The van der Waals surface area contributed by atoms with Crippen LogP contribution in [0.1, 0.15) is 35.0 Å². The first-order valence-corrected chi connectivity index (χ1v) is 6.47. The van der Waals surface area contributed by atoms with Crippen LogP contribution in [-0.4, -0.2) is 47.8 Å². The van der Waals surface area contributed by atoms with Gasteiger partial charge in [-0.05, 0) is 12.8 Å². The molecule has 0 bridgehead atoms. The average Bonchev–Trinajstić information content (AvgIpc) is 3.02. The first-order chi connectivity index (χ1) is 9.40. The Bertz CT molecular complexity index is 504. The van der Waals surface area contributed by atoms with Crippen molar-refractivity contribution in [1.29, 1.82) is 0 Å². The number of alkyl halides is 3. The highest BCUT2D eigenvalue weighted by Gasteiger charge is 2.38. The van der Waals surface area contributed by atoms with Gasteiger partial charge in [-0.3, -0.25) is 9.69 Å². The van der Waals surface area contributed by atoms with Crippen molar-refractivity contribution < 1.29 is 22.5 Å². The minimum Gasteiger partial charge on any atom is -0.360 e. The summed E-state index contributed by atoms with van der Waals surface area (Å²) in [6.45, 7) is -0.522. The van der Waals surface area contributed by atoms with Crippen LogP contribution in [0.5, 0.6) is 0 Å². The van der Waals surface area contributed by atoms with E-state index in [-0.39, 0.29) is 24.8 Å². The van der Waals surface area contributed by atoms with Gasteiger partial charge in [0.15, 0.2) is 5.69 Å². The lowest BCUT2D eigenvalue weighted by Gasteiger charge is -2.39. The number of aromatic nitrogens is 1. The Morgan fingerprint density at radius 1 is 1.45 bits per heavy atom. The molecule has 8 heteroatoms. The van der Waals surface area contributed by atoms with Gasteiger partial charge in [-0.15, -0.1) is 0 Å². The van der Waals surface area contributed by atoms with Crippen LogP contribution in [0.3, 0.4) is 0 Å². The third kappa shape index (κ3) is 3.12. The second-order valence-electron chi connectivity index (χ2n) is 5.37. The Kier molecular flexibility index (Phi) is 3.19. The van der Waals surface area contributed by atoms with E-state index in [1.165, 1.54) is 4.90 Å². The molecule has 0 spiro atoms. The second kappa shape index (κ2) is 4.76. The van der Waals surface area contributed by atoms with Gasteiger partial charge in [-0.1, -0.05) is 5.16 Å². The van der Waals surface area contributed by atoms with Crippen molar-refractivity contribution in [2.24, 2.45) is 0 Å². The predicted octanol–water partition coefficient (Wildman–Crippen LogP) is 1.53. The first kappa shape index (κ1) is 13.4. The summed E-state index contributed by atoms with van der Waals surface area (Å²) in [6, 6.07) is 1.35. The number of nitrogens with one attached hydrogen (secondary N) is 1. The highest BCUT2D eigenvalue weighted by molar-refractivity contribution is 5.92. The van der Waals surface area contributed by atoms with E-state index >= 15 is 0 Å². The van der Waals surface area contributed by atoms with E-state index in [0.29, 0.717) is 11.7 Å². The molecule has 0 unspecified atom stereocenters. The molecule has 0 aromatic carbocycles. The topological polar surface area (TPSA) is 58.4 Å². The molecule has 0 atom stereocenters. The van der Waals surface area contributed by atoms with E-state index in [1.807, 2.05) is 0 Å². The largest absolute Gasteiger partial charge is 0.401 e. The van der Waals surface area contributed by atoms with Crippen molar-refractivity contribution in [2.45, 2.75) is 31.0 Å². The summed E-state index contributed by atoms with van der Waals surface area (Å²) < 4.78 is 41.4. The lowest BCUT2D eigenvalue weighted by Crippen LogP contribution is -2.60. The van der Waals surface area contributed by atoms with E-state index < -0.39 is 18.6 Å². The van der Waals surface area contributed by atoms with Crippen molar-refractivity contribution in [2.75, 3.05) is 19.6 Å². The number of amides is 1. The standard InChI is InChI=1S/C12H14F3N3O2/c13-12(14,15)6-18-4-8(5-18)16-11(19)9-3-10(20-17-9)7-1-2-7/h3,7-8H,1-2,4-6H2,(H,16,19). The second-order valence-corrected chi connectivity index (χ2v) is 5.37. The molecule has 1 saturated carbocycles. The molecule has 1 aliphatic heterocycles. The Morgan fingerprint density at radius 2 is 2.15 bits per heavy atom. The minimum absolute atomic E-state index is 0.196. The van der Waals surface area contributed by atoms with Gasteiger partial charge in [0.05, 0.1) is 12.6 Å². The molecule has 2 aliphatic rings. The smallest absolute Gasteiger partial charge is 0.360 e. The maximum atomic E-state index is 12.1. The molecule has 1 aromatic rings. The third-order valence-corrected chi connectivity index (χ3v) is 3.44. The zero-order valence-electron chi connectivity index (χ0n) is 10.6. The van der Waals surface area contributed by atoms with Crippen LogP contribution in [0.4, 0.5) is 13.2 Å². The molecule has 1 saturated heterocycles. The van der Waals surface area contributed by atoms with Gasteiger partial charge in [-0.25, -0.2) is 0 Å². The third-order valence-electron chi connectivity index (χ3n) is 3.44. The van der Waals surface area contributed by atoms with Crippen LogP contribution in [0, 0.1) is 0 Å². The van der Waals surface area contributed by atoms with Crippen LogP contribution in [0.2, 0.25) is 0 Å². The quantitative estimate of drug-likeness (QED) is 0.913. The fourth-order valence-corrected chi connectivity index (χ4v) is 2.26. The normalized spacial score (nSPS) is 20.8. The average molecular weight is 289 g/mol. The van der Waals surface area contributed by atoms with Gasteiger partial charge in [0.1, 0.15) is 5.76 Å². The van der Waals surface area contributed by atoms with Crippen LogP contribution in [-0.2, 0) is 0 Å². The summed E-state index contributed by atoms with van der Waals surface area (Å²) in [5, 5.41) is 6.34. The van der Waals surface area contributed by atoms with Crippen molar-refractivity contribution >= 4 is 5.91 Å². The Labute approximate surface area is 113 Å². The molecule has 0 radical (unpaired) electrons. The number of carbonyl (C=O) groups excluding carboxylic acids is 1. The van der Waals surface area contributed by atoms with Gasteiger partial charge in [-0.2, -0.15) is 13.2 Å². The summed E-state index contributed by atoms with van der Waals surface area (Å²) in [6.07, 6.45) is -2.10. The predicted molar refractivity (Wildman–Crippen MR) is 62.2 cm³/mol. The molecule has 5 nitrogen and oxygen atoms in total. The van der Waals surface area contributed by atoms with E-state index in [0.717, 1.165) is 12.8 Å². The highest BCUT2D eigenvalue weighted by Crippen LogP contribution is 2.40. The fraction of sp³-hybridized carbons (Fsp3) is 0.667. The van der Waals surface area contributed by atoms with Gasteiger partial charge in [0.25, 0.3) is 5.91 Å². The van der Waals surface area contributed by atoms with Gasteiger partial charge in [0.2, 0.25) is 0 Å². The van der Waals surface area contributed by atoms with Crippen LogP contribution < -0.4 is 5.32 Å². The van der Waals surface area contributed by atoms with Crippen molar-refractivity contribution in [3.63, 3.8) is 0 Å². The monoisotopic (exact) mass is 289 g/mol. The van der Waals surface area contributed by atoms with E-state index in [1.54, 1.807) is 6.07 Å². The molecule has 1 aliphatic carbocycles. The molecule has 1 aromatic heterocycles. The Balaban J connectivity index is 1.45. The molecular formula is C12H14F3N3O2. The van der Waals surface area contributed by atoms with E-state index in [9.17, 15) is 18.0 Å². The number of rotatable bonds is 4. The van der Waals surface area contributed by atoms with Crippen molar-refractivity contribution in [1.82, 2.24) is 15.4 Å². The highest BCUT2D eigenvalue weighted by atomic mass is 19.4. The number of carbonyl (C=O) groups is 1. The zero-order valence-corrected chi connectivity index (χ0v) is 10.6. The van der Waals surface area contributed by atoms with Crippen LogP contribution in [0.15, 0.2) is 10.6 Å². The first-order valence-electron chi connectivity index (χ1n) is 6.47. The number of nitrogens with zero attached hydrogens (tertiary/aromatic N) is 2. The van der Waals surface area contributed by atoms with Crippen LogP contribution >= 0.6 is 0 Å². The molecular weight excluding hydrogens is 275 g/mol. The molecule has 2 heterocycles. The number of hydrogen-bond acceptors (Lipinski definition) is 4. The maximum Gasteiger partial charge on any atom is 0.401 e. The van der Waals surface area contributed by atoms with Gasteiger partial charge < -0.3 is 9.84 Å². The molecule has 20 heavy (non-hydrogen) atoms. The van der Waals surface area contributed by atoms with Crippen LogP contribution in [0.25, 0.3) is 0 Å². The fourth-order valence-electron chi connectivity index (χ4n) is 2.26. The Morgan fingerprint density at radius 3 is 2.75 bits per heavy atom. The number of halogens is 3. The summed E-state index contributed by atoms with van der Waals surface area (Å²) in [7, 11) is 0. The van der Waals surface area contributed by atoms with Gasteiger partial charge >= 0.3 is 6.18 Å². The van der Waals surface area contributed by atoms with Crippen molar-refractivity contribution in [3.05, 3.63) is 17.5 Å². The van der Waals surface area contributed by atoms with E-state index in [4.69, 9.17) is 4.52 Å². The number of likely N-dealkylation sites (tertiary alicyclic amines) is 1. The molecule has 2 fully saturated rings. The van der Waals surface area contributed by atoms with Gasteiger partial charge in [0, 0.05) is 25.1 Å². The van der Waals surface area contributed by atoms with E-state index in [2.05, 4.69) is 10.5 Å². The number of hydrogen-bond donors (Lipinski definition) is 1. The SMILES string of the molecule is O=C(NC1CN(CC(F)(F)F)C1)c1cc(C2CC2)on1. The molecule has 1 amide bonds. The summed E-state index contributed by atoms with van der Waals surface area (Å²) >= 11 is 0. The minimum atomic E-state index is -4.19. The lowest BCUT2D eigenvalue weighted by atomic mass is 10.1. The molecule has 110 valence electrons. The zero-order chi connectivity index (χ0) is 14.3. The molecule has 3 rings (SSSR count). The summed E-state index contributed by atoms with van der Waals surface area (Å²) in [5.74, 6) is 0.690.